The number of fused-ring (bicyclic) bond motifs is 1. The fraction of sp³-hybridized carbons (Fsp3) is 0.450. The average molecular weight is 369 g/mol. The number of carbonyl (C=O) groups excluding carboxylic acids is 3. The smallest absolute Gasteiger partial charge is 0.251 e. The van der Waals surface area contributed by atoms with Crippen molar-refractivity contribution < 1.29 is 19.1 Å². The molecule has 3 amide bonds. The fourth-order valence-electron chi connectivity index (χ4n) is 3.88. The van der Waals surface area contributed by atoms with Crippen molar-refractivity contribution in [3.8, 4) is 0 Å². The Balaban J connectivity index is 1.51. The van der Waals surface area contributed by atoms with Gasteiger partial charge in [0.05, 0.1) is 17.5 Å². The number of carbonyl (C=O) groups is 3. The van der Waals surface area contributed by atoms with E-state index in [0.717, 1.165) is 12.8 Å². The number of hydrazine groups is 1. The molecule has 2 saturated heterocycles. The van der Waals surface area contributed by atoms with Gasteiger partial charge in [-0.15, -0.1) is 0 Å². The summed E-state index contributed by atoms with van der Waals surface area (Å²) in [5.41, 5.74) is 3.66. The van der Waals surface area contributed by atoms with Crippen LogP contribution in [0.2, 0.25) is 0 Å². The van der Waals surface area contributed by atoms with Crippen molar-refractivity contribution in [2.45, 2.75) is 31.7 Å². The molecular formula is C20H23N3O4. The van der Waals surface area contributed by atoms with Gasteiger partial charge in [-0.3, -0.25) is 19.8 Å². The molecule has 0 bridgehead atoms. The minimum Gasteiger partial charge on any atom is -0.381 e. The van der Waals surface area contributed by atoms with Crippen molar-refractivity contribution in [3.63, 3.8) is 0 Å². The molecule has 2 N–H and O–H groups in total. The number of benzene rings is 1. The molecule has 0 unspecified atom stereocenters. The van der Waals surface area contributed by atoms with Crippen LogP contribution in [-0.2, 0) is 14.3 Å². The highest BCUT2D eigenvalue weighted by molar-refractivity contribution is 6.05. The molecule has 7 heteroatoms. The topological polar surface area (TPSA) is 87.7 Å². The molecule has 2 fully saturated rings. The maximum Gasteiger partial charge on any atom is 0.251 e. The number of ether oxygens (including phenoxy) is 1. The SMILES string of the molecule is O=C(NC1CCOCC1)c1cccc(N2NC(=O)[C@H]3CC=CC[C@H]3C2=O)c1. The molecule has 27 heavy (non-hydrogen) atoms. The number of anilines is 1. The quantitative estimate of drug-likeness (QED) is 0.792. The van der Waals surface area contributed by atoms with Gasteiger partial charge in [-0.1, -0.05) is 18.2 Å². The van der Waals surface area contributed by atoms with Crippen LogP contribution in [0.15, 0.2) is 36.4 Å². The Labute approximate surface area is 157 Å². The van der Waals surface area contributed by atoms with Gasteiger partial charge in [-0.2, -0.15) is 0 Å². The van der Waals surface area contributed by atoms with E-state index in [0.29, 0.717) is 37.3 Å². The van der Waals surface area contributed by atoms with E-state index in [1.54, 1.807) is 24.3 Å². The first-order chi connectivity index (χ1) is 13.1. The molecule has 1 aliphatic carbocycles. The Bertz CT molecular complexity index is 785. The fourth-order valence-corrected chi connectivity index (χ4v) is 3.88. The van der Waals surface area contributed by atoms with E-state index in [4.69, 9.17) is 4.74 Å². The van der Waals surface area contributed by atoms with Gasteiger partial charge in [0.2, 0.25) is 11.8 Å². The summed E-state index contributed by atoms with van der Waals surface area (Å²) in [7, 11) is 0. The summed E-state index contributed by atoms with van der Waals surface area (Å²) in [5.74, 6) is -1.12. The highest BCUT2D eigenvalue weighted by Gasteiger charge is 2.42. The third kappa shape index (κ3) is 3.60. The minimum absolute atomic E-state index is 0.0982. The lowest BCUT2D eigenvalue weighted by Crippen LogP contribution is -2.59. The van der Waals surface area contributed by atoms with Crippen LogP contribution in [0.25, 0.3) is 0 Å². The van der Waals surface area contributed by atoms with Gasteiger partial charge in [-0.25, -0.2) is 5.01 Å². The van der Waals surface area contributed by atoms with Gasteiger partial charge in [0.25, 0.3) is 5.91 Å². The largest absolute Gasteiger partial charge is 0.381 e. The molecule has 0 saturated carbocycles. The molecule has 2 heterocycles. The van der Waals surface area contributed by atoms with Crippen LogP contribution in [0.4, 0.5) is 5.69 Å². The maximum absolute atomic E-state index is 12.9. The van der Waals surface area contributed by atoms with E-state index in [1.807, 2.05) is 12.2 Å². The number of nitrogens with zero attached hydrogens (tertiary/aromatic N) is 1. The Morgan fingerprint density at radius 1 is 1.11 bits per heavy atom. The molecule has 1 aromatic rings. The van der Waals surface area contributed by atoms with E-state index in [-0.39, 0.29) is 35.6 Å². The zero-order valence-corrected chi connectivity index (χ0v) is 15.0. The van der Waals surface area contributed by atoms with E-state index in [9.17, 15) is 14.4 Å². The molecular weight excluding hydrogens is 346 g/mol. The molecule has 2 atom stereocenters. The summed E-state index contributed by atoms with van der Waals surface area (Å²) < 4.78 is 5.31. The summed E-state index contributed by atoms with van der Waals surface area (Å²) in [4.78, 5) is 37.8. The van der Waals surface area contributed by atoms with E-state index in [1.165, 1.54) is 5.01 Å². The van der Waals surface area contributed by atoms with Crippen molar-refractivity contribution in [3.05, 3.63) is 42.0 Å². The second-order valence-electron chi connectivity index (χ2n) is 7.22. The molecule has 2 aliphatic heterocycles. The zero-order chi connectivity index (χ0) is 18.8. The van der Waals surface area contributed by atoms with E-state index in [2.05, 4.69) is 10.7 Å². The number of hydrogen-bond donors (Lipinski definition) is 2. The second kappa shape index (κ2) is 7.52. The Hall–Kier alpha value is -2.67. The third-order valence-electron chi connectivity index (χ3n) is 5.45. The van der Waals surface area contributed by atoms with Crippen LogP contribution >= 0.6 is 0 Å². The number of rotatable bonds is 3. The Morgan fingerprint density at radius 2 is 1.85 bits per heavy atom. The summed E-state index contributed by atoms with van der Waals surface area (Å²) in [6.07, 6.45) is 6.64. The highest BCUT2D eigenvalue weighted by atomic mass is 16.5. The lowest BCUT2D eigenvalue weighted by Gasteiger charge is -2.38. The van der Waals surface area contributed by atoms with Gasteiger partial charge in [0, 0.05) is 24.8 Å². The van der Waals surface area contributed by atoms with Crippen molar-refractivity contribution in [1.82, 2.24) is 10.7 Å². The zero-order valence-electron chi connectivity index (χ0n) is 15.0. The number of amides is 3. The predicted molar refractivity (Wildman–Crippen MR) is 98.7 cm³/mol. The molecule has 142 valence electrons. The monoisotopic (exact) mass is 369 g/mol. The van der Waals surface area contributed by atoms with Crippen LogP contribution < -0.4 is 15.8 Å². The molecule has 0 radical (unpaired) electrons. The first-order valence-corrected chi connectivity index (χ1v) is 9.41. The summed E-state index contributed by atoms with van der Waals surface area (Å²) in [6.45, 7) is 1.30. The molecule has 0 aromatic heterocycles. The van der Waals surface area contributed by atoms with Crippen LogP contribution in [0.3, 0.4) is 0 Å². The van der Waals surface area contributed by atoms with Crippen molar-refractivity contribution in [1.29, 1.82) is 0 Å². The van der Waals surface area contributed by atoms with Gasteiger partial charge in [-0.05, 0) is 43.9 Å². The van der Waals surface area contributed by atoms with Crippen molar-refractivity contribution in [2.24, 2.45) is 11.8 Å². The lowest BCUT2D eigenvalue weighted by atomic mass is 9.80. The summed E-state index contributed by atoms with van der Waals surface area (Å²) >= 11 is 0. The molecule has 3 aliphatic rings. The van der Waals surface area contributed by atoms with Crippen LogP contribution in [0.1, 0.15) is 36.0 Å². The molecule has 0 spiro atoms. The number of allylic oxidation sites excluding steroid dienone is 2. The molecule has 1 aromatic carbocycles. The molecule has 4 rings (SSSR count). The summed E-state index contributed by atoms with van der Waals surface area (Å²) in [5, 5.41) is 4.30. The van der Waals surface area contributed by atoms with Crippen molar-refractivity contribution in [2.75, 3.05) is 18.2 Å². The summed E-state index contributed by atoms with van der Waals surface area (Å²) in [6, 6.07) is 6.90. The van der Waals surface area contributed by atoms with Gasteiger partial charge < -0.3 is 10.1 Å². The van der Waals surface area contributed by atoms with Gasteiger partial charge >= 0.3 is 0 Å². The first kappa shape index (κ1) is 17.7. The number of hydrogen-bond acceptors (Lipinski definition) is 4. The van der Waals surface area contributed by atoms with Gasteiger partial charge in [0.15, 0.2) is 0 Å². The normalized spacial score (nSPS) is 25.7. The van der Waals surface area contributed by atoms with Crippen LogP contribution in [0.5, 0.6) is 0 Å². The maximum atomic E-state index is 12.9. The van der Waals surface area contributed by atoms with Crippen LogP contribution in [-0.4, -0.2) is 37.0 Å². The molecule has 7 nitrogen and oxygen atoms in total. The Morgan fingerprint density at radius 3 is 2.63 bits per heavy atom. The highest BCUT2D eigenvalue weighted by Crippen LogP contribution is 2.32. The van der Waals surface area contributed by atoms with E-state index >= 15 is 0 Å². The lowest BCUT2D eigenvalue weighted by molar-refractivity contribution is -0.139. The predicted octanol–water partition coefficient (Wildman–Crippen LogP) is 1.56. The average Bonchev–Trinajstić information content (AvgIpc) is 2.71. The minimum atomic E-state index is -0.344. The van der Waals surface area contributed by atoms with Crippen molar-refractivity contribution >= 4 is 23.4 Å². The third-order valence-corrected chi connectivity index (χ3v) is 5.45. The number of nitrogens with one attached hydrogen (secondary N) is 2. The van der Waals surface area contributed by atoms with Gasteiger partial charge in [0.1, 0.15) is 0 Å². The first-order valence-electron chi connectivity index (χ1n) is 9.41. The standard InChI is InChI=1S/C20H23N3O4/c24-18(21-14-8-10-27-11-9-14)13-4-3-5-15(12-13)23-20(26)17-7-2-1-6-16(17)19(25)22-23/h1-5,12,14,16-17H,6-11H2,(H,21,24)(H,22,25)/t16-,17+/m0/s1. The Kier molecular flexibility index (Phi) is 4.94. The van der Waals surface area contributed by atoms with E-state index < -0.39 is 0 Å². The second-order valence-corrected chi connectivity index (χ2v) is 7.22. The van der Waals surface area contributed by atoms with Crippen LogP contribution in [0, 0.1) is 11.8 Å².